The SMILES string of the molecule is COc1ccccc1C#Cc1ccc(OC(C)C)c(C(=O)N[C@@H](CCO)Cc2c[nH]c3ccccc23)c1. The number of H-pyrrole nitrogens is 1. The van der Waals surface area contributed by atoms with Gasteiger partial charge in [-0.1, -0.05) is 42.2 Å². The molecule has 1 aromatic heterocycles. The number of nitrogens with one attached hydrogen (secondary N) is 2. The molecule has 0 unspecified atom stereocenters. The fraction of sp³-hybridized carbons (Fsp3) is 0.258. The van der Waals surface area contributed by atoms with Gasteiger partial charge in [-0.3, -0.25) is 4.79 Å². The number of aliphatic hydroxyl groups is 1. The molecule has 1 atom stereocenters. The number of fused-ring (bicyclic) bond motifs is 1. The van der Waals surface area contributed by atoms with Crippen LogP contribution in [0, 0.1) is 11.8 Å². The fourth-order valence-electron chi connectivity index (χ4n) is 4.24. The second kappa shape index (κ2) is 12.2. The first-order valence-electron chi connectivity index (χ1n) is 12.4. The normalized spacial score (nSPS) is 11.6. The lowest BCUT2D eigenvalue weighted by Crippen LogP contribution is -2.37. The number of aromatic nitrogens is 1. The average Bonchev–Trinajstić information content (AvgIpc) is 3.30. The highest BCUT2D eigenvalue weighted by Crippen LogP contribution is 2.24. The number of methoxy groups -OCH3 is 1. The predicted octanol–water partition coefficient (Wildman–Crippen LogP) is 5.09. The van der Waals surface area contributed by atoms with Crippen LogP contribution in [0.25, 0.3) is 10.9 Å². The molecule has 1 heterocycles. The van der Waals surface area contributed by atoms with Crippen molar-refractivity contribution in [2.45, 2.75) is 38.8 Å². The molecule has 190 valence electrons. The van der Waals surface area contributed by atoms with Gasteiger partial charge in [0.1, 0.15) is 11.5 Å². The zero-order chi connectivity index (χ0) is 26.2. The van der Waals surface area contributed by atoms with Gasteiger partial charge in [0.25, 0.3) is 5.91 Å². The Balaban J connectivity index is 1.60. The van der Waals surface area contributed by atoms with Crippen LogP contribution in [0.2, 0.25) is 0 Å². The standard InChI is InChI=1S/C31H32N2O4/c1-21(2)37-30-15-13-22(12-14-23-8-4-7-11-29(23)36-3)18-27(30)31(35)33-25(16-17-34)19-24-20-32-28-10-6-5-9-26(24)28/h4-11,13,15,18,20-21,25,32,34H,16-17,19H2,1-3H3,(H,33,35)/t25-/m0/s1. The van der Waals surface area contributed by atoms with Crippen molar-refractivity contribution < 1.29 is 19.4 Å². The first kappa shape index (κ1) is 25.9. The van der Waals surface area contributed by atoms with Crippen molar-refractivity contribution in [2.75, 3.05) is 13.7 Å². The van der Waals surface area contributed by atoms with Crippen molar-refractivity contribution in [1.82, 2.24) is 10.3 Å². The molecule has 3 N–H and O–H groups in total. The summed E-state index contributed by atoms with van der Waals surface area (Å²) in [6.45, 7) is 3.80. The molecule has 0 saturated carbocycles. The van der Waals surface area contributed by atoms with Crippen molar-refractivity contribution in [2.24, 2.45) is 0 Å². The van der Waals surface area contributed by atoms with Crippen LogP contribution in [-0.4, -0.2) is 41.9 Å². The third kappa shape index (κ3) is 6.52. The number of benzene rings is 3. The molecule has 0 fully saturated rings. The van der Waals surface area contributed by atoms with Crippen LogP contribution >= 0.6 is 0 Å². The number of hydrogen-bond acceptors (Lipinski definition) is 4. The summed E-state index contributed by atoms with van der Waals surface area (Å²) in [5, 5.41) is 13.9. The molecule has 4 aromatic rings. The molecular formula is C31H32N2O4. The molecule has 37 heavy (non-hydrogen) atoms. The summed E-state index contributed by atoms with van der Waals surface area (Å²) < 4.78 is 11.3. The lowest BCUT2D eigenvalue weighted by molar-refractivity contribution is 0.0924. The van der Waals surface area contributed by atoms with E-state index < -0.39 is 0 Å². The molecular weight excluding hydrogens is 464 g/mol. The van der Waals surface area contributed by atoms with Gasteiger partial charge < -0.3 is 24.9 Å². The van der Waals surface area contributed by atoms with Gasteiger partial charge in [0.2, 0.25) is 0 Å². The average molecular weight is 497 g/mol. The van der Waals surface area contributed by atoms with Crippen molar-refractivity contribution in [3.8, 4) is 23.3 Å². The number of aromatic amines is 1. The van der Waals surface area contributed by atoms with E-state index in [1.165, 1.54) is 0 Å². The first-order valence-corrected chi connectivity index (χ1v) is 12.4. The molecule has 0 aliphatic carbocycles. The summed E-state index contributed by atoms with van der Waals surface area (Å²) in [6, 6.07) is 20.7. The van der Waals surface area contributed by atoms with E-state index in [2.05, 4.69) is 28.2 Å². The van der Waals surface area contributed by atoms with E-state index in [9.17, 15) is 9.90 Å². The van der Waals surface area contributed by atoms with Crippen LogP contribution in [0.4, 0.5) is 0 Å². The highest BCUT2D eigenvalue weighted by atomic mass is 16.5. The van der Waals surface area contributed by atoms with E-state index in [-0.39, 0.29) is 24.7 Å². The third-order valence-corrected chi connectivity index (χ3v) is 5.99. The van der Waals surface area contributed by atoms with Gasteiger partial charge in [-0.2, -0.15) is 0 Å². The van der Waals surface area contributed by atoms with Gasteiger partial charge in [0, 0.05) is 35.3 Å². The Bertz CT molecular complexity index is 1430. The number of hydrogen-bond donors (Lipinski definition) is 3. The number of ether oxygens (including phenoxy) is 2. The lowest BCUT2D eigenvalue weighted by atomic mass is 10.0. The number of carbonyl (C=O) groups is 1. The zero-order valence-corrected chi connectivity index (χ0v) is 21.4. The second-order valence-electron chi connectivity index (χ2n) is 9.07. The van der Waals surface area contributed by atoms with Gasteiger partial charge in [0.15, 0.2) is 0 Å². The summed E-state index contributed by atoms with van der Waals surface area (Å²) in [5.41, 5.74) is 3.98. The Morgan fingerprint density at radius 1 is 1.03 bits per heavy atom. The van der Waals surface area contributed by atoms with Crippen molar-refractivity contribution in [3.63, 3.8) is 0 Å². The zero-order valence-electron chi connectivity index (χ0n) is 21.4. The van der Waals surface area contributed by atoms with E-state index in [4.69, 9.17) is 9.47 Å². The Labute approximate surface area is 217 Å². The van der Waals surface area contributed by atoms with Crippen molar-refractivity contribution >= 4 is 16.8 Å². The molecule has 6 heteroatoms. The Kier molecular flexibility index (Phi) is 8.50. The number of carbonyl (C=O) groups excluding carboxylic acids is 1. The maximum atomic E-state index is 13.5. The molecule has 1 amide bonds. The third-order valence-electron chi connectivity index (χ3n) is 5.99. The van der Waals surface area contributed by atoms with Crippen LogP contribution in [0.5, 0.6) is 11.5 Å². The van der Waals surface area contributed by atoms with E-state index in [1.54, 1.807) is 19.2 Å². The highest BCUT2D eigenvalue weighted by Gasteiger charge is 2.20. The van der Waals surface area contributed by atoms with Crippen LogP contribution in [-0.2, 0) is 6.42 Å². The summed E-state index contributed by atoms with van der Waals surface area (Å²) >= 11 is 0. The van der Waals surface area contributed by atoms with Crippen LogP contribution in [0.1, 0.15) is 47.3 Å². The minimum atomic E-state index is -0.269. The summed E-state index contributed by atoms with van der Waals surface area (Å²) in [5.74, 6) is 7.18. The lowest BCUT2D eigenvalue weighted by Gasteiger charge is -2.20. The van der Waals surface area contributed by atoms with Crippen LogP contribution < -0.4 is 14.8 Å². The summed E-state index contributed by atoms with van der Waals surface area (Å²) in [7, 11) is 1.61. The maximum absolute atomic E-state index is 13.5. The molecule has 0 aliphatic heterocycles. The second-order valence-corrected chi connectivity index (χ2v) is 9.07. The molecule has 0 radical (unpaired) electrons. The number of para-hydroxylation sites is 2. The van der Waals surface area contributed by atoms with E-state index in [1.807, 2.05) is 68.6 Å². The van der Waals surface area contributed by atoms with Gasteiger partial charge in [-0.05, 0) is 68.7 Å². The van der Waals surface area contributed by atoms with Crippen molar-refractivity contribution in [1.29, 1.82) is 0 Å². The molecule has 0 spiro atoms. The predicted molar refractivity (Wildman–Crippen MR) is 146 cm³/mol. The quantitative estimate of drug-likeness (QED) is 0.282. The van der Waals surface area contributed by atoms with E-state index >= 15 is 0 Å². The molecule has 0 saturated heterocycles. The minimum Gasteiger partial charge on any atom is -0.495 e. The first-order chi connectivity index (χ1) is 18.0. The topological polar surface area (TPSA) is 83.6 Å². The molecule has 3 aromatic carbocycles. The van der Waals surface area contributed by atoms with Crippen molar-refractivity contribution in [3.05, 3.63) is 95.2 Å². The molecule has 6 nitrogen and oxygen atoms in total. The van der Waals surface area contributed by atoms with Gasteiger partial charge in [-0.25, -0.2) is 0 Å². The Morgan fingerprint density at radius 2 is 1.81 bits per heavy atom. The minimum absolute atomic E-state index is 0.0346. The summed E-state index contributed by atoms with van der Waals surface area (Å²) in [4.78, 5) is 16.8. The fourth-order valence-corrected chi connectivity index (χ4v) is 4.24. The monoisotopic (exact) mass is 496 g/mol. The molecule has 0 aliphatic rings. The molecule has 0 bridgehead atoms. The highest BCUT2D eigenvalue weighted by molar-refractivity contribution is 5.97. The Hall–Kier alpha value is -4.21. The number of amides is 1. The summed E-state index contributed by atoms with van der Waals surface area (Å²) in [6.07, 6.45) is 2.88. The van der Waals surface area contributed by atoms with E-state index in [0.29, 0.717) is 35.5 Å². The smallest absolute Gasteiger partial charge is 0.255 e. The Morgan fingerprint density at radius 3 is 2.59 bits per heavy atom. The molecule has 4 rings (SSSR count). The van der Waals surface area contributed by atoms with Gasteiger partial charge >= 0.3 is 0 Å². The van der Waals surface area contributed by atoms with E-state index in [0.717, 1.165) is 22.0 Å². The van der Waals surface area contributed by atoms with Crippen LogP contribution in [0.15, 0.2) is 72.9 Å². The van der Waals surface area contributed by atoms with Gasteiger partial charge in [0.05, 0.1) is 24.3 Å². The number of rotatable bonds is 9. The van der Waals surface area contributed by atoms with Crippen LogP contribution in [0.3, 0.4) is 0 Å². The number of aliphatic hydroxyl groups excluding tert-OH is 1. The maximum Gasteiger partial charge on any atom is 0.255 e. The largest absolute Gasteiger partial charge is 0.495 e. The van der Waals surface area contributed by atoms with Gasteiger partial charge in [-0.15, -0.1) is 0 Å².